The van der Waals surface area contributed by atoms with Gasteiger partial charge in [-0.25, -0.2) is 0 Å². The van der Waals surface area contributed by atoms with Crippen LogP contribution in [0.15, 0.2) is 0 Å². The summed E-state index contributed by atoms with van der Waals surface area (Å²) in [5.41, 5.74) is 5.50. The van der Waals surface area contributed by atoms with Crippen LogP contribution >= 0.6 is 0 Å². The Bertz CT molecular complexity index is 209. The Labute approximate surface area is 92.9 Å². The number of nitrogens with one attached hydrogen (secondary N) is 1. The zero-order chi connectivity index (χ0) is 11.4. The van der Waals surface area contributed by atoms with Crippen LogP contribution in [0, 0.1) is 11.3 Å². The molecule has 1 fully saturated rings. The average Bonchev–Trinajstić information content (AvgIpc) is 2.20. The topological polar surface area (TPSA) is 56.4 Å². The lowest BCUT2D eigenvalue weighted by atomic mass is 9.96. The molecule has 1 rings (SSSR count). The van der Waals surface area contributed by atoms with E-state index in [0.29, 0.717) is 0 Å². The van der Waals surface area contributed by atoms with Crippen molar-refractivity contribution in [1.29, 1.82) is 5.41 Å². The van der Waals surface area contributed by atoms with Crippen molar-refractivity contribution in [3.8, 4) is 0 Å². The minimum Gasteiger partial charge on any atom is -0.386 e. The summed E-state index contributed by atoms with van der Waals surface area (Å²) in [5.74, 6) is 1.04. The van der Waals surface area contributed by atoms with Crippen LogP contribution in [0.1, 0.15) is 19.8 Å². The van der Waals surface area contributed by atoms with E-state index in [9.17, 15) is 0 Å². The normalized spacial score (nSPS) is 21.9. The molecule has 1 saturated heterocycles. The Hall–Kier alpha value is -0.610. The number of amidine groups is 1. The predicted octanol–water partition coefficient (Wildman–Crippen LogP) is 0.584. The van der Waals surface area contributed by atoms with Crippen molar-refractivity contribution < 1.29 is 0 Å². The molecule has 4 nitrogen and oxygen atoms in total. The monoisotopic (exact) mass is 212 g/mol. The summed E-state index contributed by atoms with van der Waals surface area (Å²) >= 11 is 0. The molecule has 15 heavy (non-hydrogen) atoms. The first-order chi connectivity index (χ1) is 7.00. The van der Waals surface area contributed by atoms with Gasteiger partial charge in [-0.3, -0.25) is 10.3 Å². The van der Waals surface area contributed by atoms with E-state index < -0.39 is 0 Å². The Kier molecular flexibility index (Phi) is 4.54. The molecule has 0 saturated carbocycles. The third kappa shape index (κ3) is 3.80. The first-order valence-corrected chi connectivity index (χ1v) is 5.73. The maximum absolute atomic E-state index is 7.41. The second-order valence-electron chi connectivity index (χ2n) is 4.82. The lowest BCUT2D eigenvalue weighted by Gasteiger charge is -2.33. The molecule has 0 amide bonds. The fourth-order valence-corrected chi connectivity index (χ4v) is 2.05. The van der Waals surface area contributed by atoms with E-state index in [2.05, 4.69) is 23.9 Å². The summed E-state index contributed by atoms with van der Waals surface area (Å²) in [4.78, 5) is 4.57. The number of nitrogens with zero attached hydrogens (tertiary/aromatic N) is 2. The Morgan fingerprint density at radius 3 is 2.53 bits per heavy atom. The number of likely N-dealkylation sites (N-methyl/N-ethyl adjacent to an activating group) is 1. The van der Waals surface area contributed by atoms with Crippen molar-refractivity contribution >= 4 is 5.84 Å². The molecule has 0 spiro atoms. The molecule has 0 aliphatic carbocycles. The number of rotatable bonds is 4. The van der Waals surface area contributed by atoms with Gasteiger partial charge >= 0.3 is 0 Å². The van der Waals surface area contributed by atoms with E-state index in [0.717, 1.165) is 12.5 Å². The second kappa shape index (κ2) is 5.47. The Balaban J connectivity index is 2.32. The van der Waals surface area contributed by atoms with Crippen molar-refractivity contribution in [2.24, 2.45) is 11.7 Å². The third-order valence-corrected chi connectivity index (χ3v) is 3.50. The van der Waals surface area contributed by atoms with Gasteiger partial charge in [-0.2, -0.15) is 0 Å². The summed E-state index contributed by atoms with van der Waals surface area (Å²) < 4.78 is 0. The first kappa shape index (κ1) is 12.5. The van der Waals surface area contributed by atoms with Crippen molar-refractivity contribution in [3.05, 3.63) is 0 Å². The molecule has 4 heteroatoms. The molecule has 1 heterocycles. The van der Waals surface area contributed by atoms with Crippen LogP contribution < -0.4 is 5.73 Å². The van der Waals surface area contributed by atoms with Crippen LogP contribution in [0.4, 0.5) is 0 Å². The summed E-state index contributed by atoms with van der Waals surface area (Å²) in [6.45, 7) is 5.46. The van der Waals surface area contributed by atoms with Crippen LogP contribution in [-0.4, -0.2) is 55.4 Å². The highest BCUT2D eigenvalue weighted by atomic mass is 15.2. The summed E-state index contributed by atoms with van der Waals surface area (Å²) in [7, 11) is 4.24. The van der Waals surface area contributed by atoms with Crippen LogP contribution in [0.5, 0.6) is 0 Å². The van der Waals surface area contributed by atoms with E-state index in [-0.39, 0.29) is 11.9 Å². The summed E-state index contributed by atoms with van der Waals surface area (Å²) in [6.07, 6.45) is 2.54. The minimum atomic E-state index is 0.0738. The van der Waals surface area contributed by atoms with Crippen molar-refractivity contribution in [3.63, 3.8) is 0 Å². The Morgan fingerprint density at radius 2 is 2.07 bits per heavy atom. The van der Waals surface area contributed by atoms with Gasteiger partial charge < -0.3 is 10.6 Å². The number of nitrogens with two attached hydrogens (primary N) is 1. The highest BCUT2D eigenvalue weighted by molar-refractivity contribution is 5.82. The van der Waals surface area contributed by atoms with E-state index in [1.165, 1.54) is 25.9 Å². The maximum atomic E-state index is 7.41. The molecule has 88 valence electrons. The molecule has 1 aliphatic rings. The molecule has 0 aromatic heterocycles. The van der Waals surface area contributed by atoms with Crippen molar-refractivity contribution in [2.45, 2.75) is 25.8 Å². The lowest BCUT2D eigenvalue weighted by Crippen LogP contribution is -2.44. The third-order valence-electron chi connectivity index (χ3n) is 3.50. The fourth-order valence-electron chi connectivity index (χ4n) is 2.05. The molecule has 1 unspecified atom stereocenters. The lowest BCUT2D eigenvalue weighted by molar-refractivity contribution is 0.170. The van der Waals surface area contributed by atoms with Gasteiger partial charge in [0.2, 0.25) is 0 Å². The maximum Gasteiger partial charge on any atom is 0.108 e. The molecule has 0 aromatic rings. The SMILES string of the molecule is CC(C(=N)N)N(C)CC1CCN(C)CC1. The van der Waals surface area contributed by atoms with E-state index >= 15 is 0 Å². The standard InChI is InChI=1S/C11H24N4/c1-9(11(12)13)15(3)8-10-4-6-14(2)7-5-10/h9-10H,4-8H2,1-3H3,(H3,12,13). The fraction of sp³-hybridized carbons (Fsp3) is 0.909. The molecule has 3 N–H and O–H groups in total. The van der Waals surface area contributed by atoms with Crippen molar-refractivity contribution in [2.75, 3.05) is 33.7 Å². The zero-order valence-corrected chi connectivity index (χ0v) is 10.2. The zero-order valence-electron chi connectivity index (χ0n) is 10.2. The average molecular weight is 212 g/mol. The first-order valence-electron chi connectivity index (χ1n) is 5.73. The number of likely N-dealkylation sites (tertiary alicyclic amines) is 1. The van der Waals surface area contributed by atoms with Gasteiger partial charge in [0.25, 0.3) is 0 Å². The van der Waals surface area contributed by atoms with Gasteiger partial charge in [0.1, 0.15) is 5.84 Å². The highest BCUT2D eigenvalue weighted by Gasteiger charge is 2.20. The molecular formula is C11H24N4. The van der Waals surface area contributed by atoms with Gasteiger partial charge in [-0.1, -0.05) is 0 Å². The molecular weight excluding hydrogens is 188 g/mol. The largest absolute Gasteiger partial charge is 0.386 e. The quantitative estimate of drug-likeness (QED) is 0.529. The van der Waals surface area contributed by atoms with Crippen LogP contribution in [0.2, 0.25) is 0 Å². The second-order valence-corrected chi connectivity index (χ2v) is 4.82. The smallest absolute Gasteiger partial charge is 0.108 e. The van der Waals surface area contributed by atoms with Crippen molar-refractivity contribution in [1.82, 2.24) is 9.80 Å². The molecule has 0 aromatic carbocycles. The van der Waals surface area contributed by atoms with Gasteiger partial charge in [-0.15, -0.1) is 0 Å². The number of hydrogen-bond acceptors (Lipinski definition) is 3. The van der Waals surface area contributed by atoms with E-state index in [1.54, 1.807) is 0 Å². The molecule has 0 radical (unpaired) electrons. The highest BCUT2D eigenvalue weighted by Crippen LogP contribution is 2.17. The van der Waals surface area contributed by atoms with Crippen LogP contribution in [-0.2, 0) is 0 Å². The minimum absolute atomic E-state index is 0.0738. The van der Waals surface area contributed by atoms with Gasteiger partial charge in [0, 0.05) is 6.54 Å². The van der Waals surface area contributed by atoms with E-state index in [4.69, 9.17) is 11.1 Å². The number of hydrogen-bond donors (Lipinski definition) is 2. The molecule has 0 bridgehead atoms. The van der Waals surface area contributed by atoms with Gasteiger partial charge in [0.15, 0.2) is 0 Å². The number of piperidine rings is 1. The van der Waals surface area contributed by atoms with Gasteiger partial charge in [0.05, 0.1) is 6.04 Å². The predicted molar refractivity (Wildman–Crippen MR) is 64.2 cm³/mol. The molecule has 1 aliphatic heterocycles. The van der Waals surface area contributed by atoms with Crippen LogP contribution in [0.3, 0.4) is 0 Å². The molecule has 1 atom stereocenters. The summed E-state index contributed by atoms with van der Waals surface area (Å²) in [6, 6.07) is 0.0738. The summed E-state index contributed by atoms with van der Waals surface area (Å²) in [5, 5.41) is 7.41. The van der Waals surface area contributed by atoms with Gasteiger partial charge in [-0.05, 0) is 52.9 Å². The van der Waals surface area contributed by atoms with Crippen LogP contribution in [0.25, 0.3) is 0 Å². The Morgan fingerprint density at radius 1 is 1.53 bits per heavy atom. The van der Waals surface area contributed by atoms with E-state index in [1.807, 2.05) is 6.92 Å².